The van der Waals surface area contributed by atoms with Crippen molar-refractivity contribution in [3.63, 3.8) is 0 Å². The zero-order chi connectivity index (χ0) is 11.3. The number of hydrogen-bond acceptors (Lipinski definition) is 2. The quantitative estimate of drug-likeness (QED) is 0.783. The second kappa shape index (κ2) is 5.83. The van der Waals surface area contributed by atoms with Crippen LogP contribution in [0.1, 0.15) is 31.9 Å². The molecule has 0 spiro atoms. The van der Waals surface area contributed by atoms with Gasteiger partial charge in [0, 0.05) is 17.6 Å². The molecule has 1 aromatic carbocycles. The fourth-order valence-electron chi connectivity index (χ4n) is 1.57. The summed E-state index contributed by atoms with van der Waals surface area (Å²) in [7, 11) is 0. The van der Waals surface area contributed by atoms with Gasteiger partial charge < -0.3 is 10.4 Å². The smallest absolute Gasteiger partial charge is 0.127 e. The normalized spacial score (nSPS) is 14.9. The van der Waals surface area contributed by atoms with Crippen LogP contribution in [0.5, 0.6) is 0 Å². The Kier molecular flexibility index (Phi) is 4.72. The first-order chi connectivity index (χ1) is 7.19. The first-order valence-electron chi connectivity index (χ1n) is 5.30. The summed E-state index contributed by atoms with van der Waals surface area (Å²) in [6, 6.07) is 6.65. The van der Waals surface area contributed by atoms with E-state index < -0.39 is 0 Å². The second-order valence-electron chi connectivity index (χ2n) is 3.70. The third-order valence-electron chi connectivity index (χ3n) is 2.57. The van der Waals surface area contributed by atoms with Crippen LogP contribution < -0.4 is 5.32 Å². The van der Waals surface area contributed by atoms with Gasteiger partial charge in [-0.15, -0.1) is 0 Å². The predicted molar refractivity (Wildman–Crippen MR) is 59.1 cm³/mol. The summed E-state index contributed by atoms with van der Waals surface area (Å²) in [6.07, 6.45) is 0.829. The van der Waals surface area contributed by atoms with E-state index in [1.807, 2.05) is 19.9 Å². The van der Waals surface area contributed by atoms with E-state index in [0.29, 0.717) is 5.56 Å². The lowest BCUT2D eigenvalue weighted by Crippen LogP contribution is -2.34. The van der Waals surface area contributed by atoms with E-state index in [9.17, 15) is 4.39 Å². The molecule has 0 saturated carbocycles. The number of halogens is 1. The molecule has 1 rings (SSSR count). The molecule has 0 saturated heterocycles. The number of rotatable bonds is 5. The number of hydrogen-bond donors (Lipinski definition) is 2. The minimum absolute atomic E-state index is 0.0274. The highest BCUT2D eigenvalue weighted by Crippen LogP contribution is 2.16. The number of nitrogens with one attached hydrogen (secondary N) is 1. The molecular weight excluding hydrogens is 193 g/mol. The molecule has 0 bridgehead atoms. The molecule has 0 amide bonds. The molecule has 0 fully saturated rings. The van der Waals surface area contributed by atoms with Crippen LogP contribution in [0.25, 0.3) is 0 Å². The summed E-state index contributed by atoms with van der Waals surface area (Å²) in [4.78, 5) is 0. The van der Waals surface area contributed by atoms with E-state index in [-0.39, 0.29) is 24.5 Å². The van der Waals surface area contributed by atoms with Gasteiger partial charge in [0.05, 0.1) is 6.61 Å². The van der Waals surface area contributed by atoms with Crippen LogP contribution in [-0.4, -0.2) is 17.8 Å². The van der Waals surface area contributed by atoms with Crippen LogP contribution in [0.2, 0.25) is 0 Å². The van der Waals surface area contributed by atoms with Gasteiger partial charge in [-0.2, -0.15) is 0 Å². The molecule has 2 N–H and O–H groups in total. The van der Waals surface area contributed by atoms with Gasteiger partial charge in [0.1, 0.15) is 5.82 Å². The Bertz CT molecular complexity index is 299. The molecule has 0 aliphatic rings. The SMILES string of the molecule is CC[C@H](CO)NC(C)c1ccccc1F. The molecule has 0 aliphatic carbocycles. The van der Waals surface area contributed by atoms with E-state index in [4.69, 9.17) is 5.11 Å². The van der Waals surface area contributed by atoms with Crippen molar-refractivity contribution in [1.29, 1.82) is 0 Å². The minimum Gasteiger partial charge on any atom is -0.395 e. The van der Waals surface area contributed by atoms with Crippen LogP contribution in [0.3, 0.4) is 0 Å². The highest BCUT2D eigenvalue weighted by atomic mass is 19.1. The van der Waals surface area contributed by atoms with Crippen molar-refractivity contribution in [3.05, 3.63) is 35.6 Å². The van der Waals surface area contributed by atoms with Crippen LogP contribution in [0.4, 0.5) is 4.39 Å². The maximum Gasteiger partial charge on any atom is 0.127 e. The third kappa shape index (κ3) is 3.29. The fraction of sp³-hybridized carbons (Fsp3) is 0.500. The van der Waals surface area contributed by atoms with Gasteiger partial charge in [-0.1, -0.05) is 25.1 Å². The first-order valence-corrected chi connectivity index (χ1v) is 5.30. The fourth-order valence-corrected chi connectivity index (χ4v) is 1.57. The first kappa shape index (κ1) is 12.1. The molecular formula is C12H18FNO. The summed E-state index contributed by atoms with van der Waals surface area (Å²) >= 11 is 0. The predicted octanol–water partition coefficient (Wildman–Crippen LogP) is 2.25. The van der Waals surface area contributed by atoms with Crippen LogP contribution >= 0.6 is 0 Å². The summed E-state index contributed by atoms with van der Waals surface area (Å²) in [5.74, 6) is -0.203. The van der Waals surface area contributed by atoms with Gasteiger partial charge in [-0.25, -0.2) is 4.39 Å². The molecule has 3 heteroatoms. The Balaban J connectivity index is 2.68. The zero-order valence-corrected chi connectivity index (χ0v) is 9.20. The van der Waals surface area contributed by atoms with Crippen LogP contribution in [0, 0.1) is 5.82 Å². The van der Waals surface area contributed by atoms with Crippen molar-refractivity contribution in [2.75, 3.05) is 6.61 Å². The Labute approximate surface area is 90.1 Å². The van der Waals surface area contributed by atoms with E-state index in [2.05, 4.69) is 5.32 Å². The van der Waals surface area contributed by atoms with Crippen molar-refractivity contribution in [1.82, 2.24) is 5.32 Å². The van der Waals surface area contributed by atoms with Crippen molar-refractivity contribution in [2.45, 2.75) is 32.4 Å². The number of aliphatic hydroxyl groups is 1. The van der Waals surface area contributed by atoms with E-state index in [0.717, 1.165) is 6.42 Å². The highest BCUT2D eigenvalue weighted by Gasteiger charge is 2.13. The summed E-state index contributed by atoms with van der Waals surface area (Å²) in [5.41, 5.74) is 0.643. The molecule has 1 unspecified atom stereocenters. The summed E-state index contributed by atoms with van der Waals surface area (Å²) < 4.78 is 13.4. The van der Waals surface area contributed by atoms with Crippen molar-refractivity contribution in [3.8, 4) is 0 Å². The average Bonchev–Trinajstić information content (AvgIpc) is 2.26. The largest absolute Gasteiger partial charge is 0.395 e. The molecule has 0 aliphatic heterocycles. The molecule has 84 valence electrons. The van der Waals surface area contributed by atoms with E-state index in [1.165, 1.54) is 6.07 Å². The van der Waals surface area contributed by atoms with E-state index >= 15 is 0 Å². The van der Waals surface area contributed by atoms with Gasteiger partial charge in [-0.3, -0.25) is 0 Å². The van der Waals surface area contributed by atoms with E-state index in [1.54, 1.807) is 12.1 Å². The molecule has 2 nitrogen and oxygen atoms in total. The molecule has 0 heterocycles. The second-order valence-corrected chi connectivity index (χ2v) is 3.70. The Morgan fingerprint density at radius 1 is 1.40 bits per heavy atom. The topological polar surface area (TPSA) is 32.3 Å². The Morgan fingerprint density at radius 2 is 2.07 bits per heavy atom. The minimum atomic E-state index is -0.203. The van der Waals surface area contributed by atoms with Gasteiger partial charge in [0.2, 0.25) is 0 Å². The van der Waals surface area contributed by atoms with Crippen molar-refractivity contribution >= 4 is 0 Å². The third-order valence-corrected chi connectivity index (χ3v) is 2.57. The van der Waals surface area contributed by atoms with Crippen LogP contribution in [-0.2, 0) is 0 Å². The maximum atomic E-state index is 13.4. The monoisotopic (exact) mass is 211 g/mol. The van der Waals surface area contributed by atoms with Gasteiger partial charge in [-0.05, 0) is 19.4 Å². The molecule has 0 aromatic heterocycles. The molecule has 1 aromatic rings. The maximum absolute atomic E-state index is 13.4. The standard InChI is InChI=1S/C12H18FNO/c1-3-10(8-15)14-9(2)11-6-4-5-7-12(11)13/h4-7,9-10,14-15H,3,8H2,1-2H3/t9?,10-/m1/s1. The lowest BCUT2D eigenvalue weighted by molar-refractivity contribution is 0.229. The van der Waals surface area contributed by atoms with Gasteiger partial charge in [0.25, 0.3) is 0 Å². The Hall–Kier alpha value is -0.930. The van der Waals surface area contributed by atoms with Crippen molar-refractivity contribution in [2.24, 2.45) is 0 Å². The molecule has 2 atom stereocenters. The number of benzene rings is 1. The zero-order valence-electron chi connectivity index (χ0n) is 9.20. The average molecular weight is 211 g/mol. The van der Waals surface area contributed by atoms with Gasteiger partial charge in [0.15, 0.2) is 0 Å². The molecule has 0 radical (unpaired) electrons. The Morgan fingerprint density at radius 3 is 2.60 bits per heavy atom. The molecule has 15 heavy (non-hydrogen) atoms. The van der Waals surface area contributed by atoms with Gasteiger partial charge >= 0.3 is 0 Å². The number of aliphatic hydroxyl groups excluding tert-OH is 1. The summed E-state index contributed by atoms with van der Waals surface area (Å²) in [6.45, 7) is 3.97. The highest BCUT2D eigenvalue weighted by molar-refractivity contribution is 5.20. The van der Waals surface area contributed by atoms with Crippen LogP contribution in [0.15, 0.2) is 24.3 Å². The van der Waals surface area contributed by atoms with Crippen molar-refractivity contribution < 1.29 is 9.50 Å². The lowest BCUT2D eigenvalue weighted by atomic mass is 10.1. The lowest BCUT2D eigenvalue weighted by Gasteiger charge is -2.21. The summed E-state index contributed by atoms with van der Waals surface area (Å²) in [5, 5.41) is 12.2.